The van der Waals surface area contributed by atoms with Crippen LogP contribution in [0.1, 0.15) is 18.9 Å². The Morgan fingerprint density at radius 2 is 1.97 bits per heavy atom. The summed E-state index contributed by atoms with van der Waals surface area (Å²) in [5.41, 5.74) is -0.328. The molecule has 2 aliphatic heterocycles. The quantitative estimate of drug-likeness (QED) is 0.259. The Morgan fingerprint density at radius 1 is 1.29 bits per heavy atom. The van der Waals surface area contributed by atoms with Gasteiger partial charge in [0, 0.05) is 36.8 Å². The van der Waals surface area contributed by atoms with Crippen LogP contribution in [0, 0.1) is 16.0 Å². The van der Waals surface area contributed by atoms with Gasteiger partial charge in [-0.2, -0.15) is 0 Å². The van der Waals surface area contributed by atoms with Gasteiger partial charge in [0.25, 0.3) is 11.6 Å². The third kappa shape index (κ3) is 3.78. The molecule has 1 saturated heterocycles. The molecule has 0 bridgehead atoms. The summed E-state index contributed by atoms with van der Waals surface area (Å²) in [6.45, 7) is 10.5. The third-order valence-corrected chi connectivity index (χ3v) is 12.1. The van der Waals surface area contributed by atoms with Crippen LogP contribution in [0.15, 0.2) is 55.1 Å². The fourth-order valence-corrected chi connectivity index (χ4v) is 10.2. The van der Waals surface area contributed by atoms with E-state index in [9.17, 15) is 20.0 Å². The lowest BCUT2D eigenvalue weighted by Crippen LogP contribution is -2.51. The minimum Gasteiger partial charge on any atom is -0.497 e. The van der Waals surface area contributed by atoms with E-state index in [0.29, 0.717) is 17.7 Å². The number of hydrogen-bond donors (Lipinski definition) is 1. The Hall–Kier alpha value is -3.01. The molecule has 35 heavy (non-hydrogen) atoms. The number of non-ortho nitro benzene ring substituents is 1. The first-order valence-corrected chi connectivity index (χ1v) is 14.9. The molecule has 4 rings (SSSR count). The molecule has 0 saturated carbocycles. The summed E-state index contributed by atoms with van der Waals surface area (Å²) in [4.78, 5) is 26.8. The minimum absolute atomic E-state index is 0.0252. The lowest BCUT2D eigenvalue weighted by molar-refractivity contribution is -0.385. The molecule has 186 valence electrons. The Balaban J connectivity index is 1.87. The molecular formula is C26H32N2O6Si. The van der Waals surface area contributed by atoms with Crippen LogP contribution in [-0.2, 0) is 15.1 Å². The highest BCUT2D eigenvalue weighted by atomic mass is 28.3. The van der Waals surface area contributed by atoms with Gasteiger partial charge in [0.15, 0.2) is 5.60 Å². The molecule has 0 unspecified atom stereocenters. The van der Waals surface area contributed by atoms with Gasteiger partial charge in [-0.05, 0) is 30.2 Å². The van der Waals surface area contributed by atoms with Crippen molar-refractivity contribution in [3.8, 4) is 5.75 Å². The average molecular weight is 497 g/mol. The maximum Gasteiger partial charge on any atom is 0.269 e. The summed E-state index contributed by atoms with van der Waals surface area (Å²) >= 11 is 0. The molecule has 8 nitrogen and oxygen atoms in total. The molecule has 0 radical (unpaired) electrons. The second-order valence-electron chi connectivity index (χ2n) is 9.83. The molecule has 1 spiro atoms. The number of aliphatic hydroxyl groups excluding tert-OH is 1. The Kier molecular flexibility index (Phi) is 6.61. The van der Waals surface area contributed by atoms with E-state index >= 15 is 0 Å². The molecule has 1 fully saturated rings. The zero-order valence-corrected chi connectivity index (χ0v) is 21.6. The van der Waals surface area contributed by atoms with Crippen LogP contribution >= 0.6 is 0 Å². The lowest BCUT2D eigenvalue weighted by Gasteiger charge is -2.37. The SMILES string of the molecule is C=CCN1C(=O)[C@]2(O[C@H](CCO)[C@@H]([Si](C)(C)c3ccc(OC)cc3)[C@@H]2C)c2cc([N+](=O)[O-])ccc21. The maximum atomic E-state index is 14.0. The zero-order chi connectivity index (χ0) is 25.5. The summed E-state index contributed by atoms with van der Waals surface area (Å²) in [7, 11) is -0.654. The normalized spacial score (nSPS) is 25.7. The number of nitrogens with zero attached hydrogens (tertiary/aromatic N) is 2. The number of amides is 1. The fourth-order valence-electron chi connectivity index (χ4n) is 6.12. The number of fused-ring (bicyclic) bond motifs is 2. The van der Waals surface area contributed by atoms with Gasteiger partial charge in [0.05, 0.1) is 31.9 Å². The number of anilines is 1. The molecule has 0 aliphatic carbocycles. The van der Waals surface area contributed by atoms with Crippen LogP contribution in [-0.4, -0.2) is 50.4 Å². The van der Waals surface area contributed by atoms with Gasteiger partial charge in [-0.3, -0.25) is 14.9 Å². The van der Waals surface area contributed by atoms with E-state index in [2.05, 4.69) is 31.8 Å². The number of rotatable bonds is 8. The van der Waals surface area contributed by atoms with E-state index in [1.165, 1.54) is 17.3 Å². The third-order valence-electron chi connectivity index (χ3n) is 7.76. The second-order valence-corrected chi connectivity index (χ2v) is 14.5. The number of nitro groups is 1. The lowest BCUT2D eigenvalue weighted by atomic mass is 9.82. The Bertz CT molecular complexity index is 1150. The van der Waals surface area contributed by atoms with E-state index in [4.69, 9.17) is 9.47 Å². The van der Waals surface area contributed by atoms with Crippen molar-refractivity contribution < 1.29 is 24.3 Å². The molecule has 0 aromatic heterocycles. The maximum absolute atomic E-state index is 14.0. The number of carbonyl (C=O) groups excluding carboxylic acids is 1. The van der Waals surface area contributed by atoms with Gasteiger partial charge in [-0.1, -0.05) is 43.4 Å². The number of carbonyl (C=O) groups is 1. The first-order valence-electron chi connectivity index (χ1n) is 11.8. The second kappa shape index (κ2) is 9.22. The largest absolute Gasteiger partial charge is 0.497 e. The first-order chi connectivity index (χ1) is 16.6. The Morgan fingerprint density at radius 3 is 2.54 bits per heavy atom. The number of aliphatic hydroxyl groups is 1. The zero-order valence-electron chi connectivity index (χ0n) is 20.6. The van der Waals surface area contributed by atoms with E-state index < -0.39 is 18.6 Å². The summed E-state index contributed by atoms with van der Waals surface area (Å²) in [6.07, 6.45) is 1.64. The first kappa shape index (κ1) is 25.1. The van der Waals surface area contributed by atoms with Gasteiger partial charge in [-0.15, -0.1) is 6.58 Å². The van der Waals surface area contributed by atoms with Crippen LogP contribution in [0.4, 0.5) is 11.4 Å². The van der Waals surface area contributed by atoms with Crippen molar-refractivity contribution in [2.45, 2.75) is 43.7 Å². The molecule has 1 amide bonds. The topological polar surface area (TPSA) is 102 Å². The smallest absolute Gasteiger partial charge is 0.269 e. The van der Waals surface area contributed by atoms with Crippen molar-refractivity contribution in [2.24, 2.45) is 5.92 Å². The highest BCUT2D eigenvalue weighted by Crippen LogP contribution is 2.60. The minimum atomic E-state index is -2.28. The van der Waals surface area contributed by atoms with Crippen molar-refractivity contribution in [1.82, 2.24) is 0 Å². The van der Waals surface area contributed by atoms with Crippen LogP contribution < -0.4 is 14.8 Å². The summed E-state index contributed by atoms with van der Waals surface area (Å²) < 4.78 is 12.0. The van der Waals surface area contributed by atoms with Crippen molar-refractivity contribution in [3.63, 3.8) is 0 Å². The van der Waals surface area contributed by atoms with Gasteiger partial charge in [-0.25, -0.2) is 0 Å². The summed E-state index contributed by atoms with van der Waals surface area (Å²) in [6, 6.07) is 12.5. The molecule has 1 N–H and O–H groups in total. The van der Waals surface area contributed by atoms with Crippen molar-refractivity contribution in [2.75, 3.05) is 25.2 Å². The number of benzene rings is 2. The van der Waals surface area contributed by atoms with Crippen molar-refractivity contribution in [1.29, 1.82) is 0 Å². The Labute approximate surface area is 206 Å². The molecule has 9 heteroatoms. The van der Waals surface area contributed by atoms with E-state index in [1.807, 2.05) is 19.1 Å². The molecule has 2 aromatic carbocycles. The van der Waals surface area contributed by atoms with E-state index in [-0.39, 0.29) is 42.3 Å². The number of hydrogen-bond acceptors (Lipinski definition) is 6. The predicted molar refractivity (Wildman–Crippen MR) is 137 cm³/mol. The van der Waals surface area contributed by atoms with Gasteiger partial charge in [0.2, 0.25) is 0 Å². The van der Waals surface area contributed by atoms with Gasteiger partial charge < -0.3 is 19.5 Å². The summed E-state index contributed by atoms with van der Waals surface area (Å²) in [5.74, 6) is 0.265. The molecular weight excluding hydrogens is 464 g/mol. The molecule has 2 heterocycles. The van der Waals surface area contributed by atoms with Crippen LogP contribution in [0.25, 0.3) is 0 Å². The van der Waals surface area contributed by atoms with Crippen molar-refractivity contribution >= 4 is 30.5 Å². The van der Waals surface area contributed by atoms with E-state index in [0.717, 1.165) is 5.75 Å². The average Bonchev–Trinajstić information content (AvgIpc) is 3.26. The van der Waals surface area contributed by atoms with E-state index in [1.54, 1.807) is 24.2 Å². The number of methoxy groups -OCH3 is 1. The molecule has 4 atom stereocenters. The van der Waals surface area contributed by atoms with Crippen LogP contribution in [0.3, 0.4) is 0 Å². The molecule has 2 aliphatic rings. The predicted octanol–water partition coefficient (Wildman–Crippen LogP) is 3.73. The molecule has 2 aromatic rings. The van der Waals surface area contributed by atoms with Gasteiger partial charge >= 0.3 is 0 Å². The fraction of sp³-hybridized carbons (Fsp3) is 0.423. The highest BCUT2D eigenvalue weighted by molar-refractivity contribution is 6.91. The van der Waals surface area contributed by atoms with Crippen LogP contribution in [0.2, 0.25) is 18.6 Å². The number of nitro benzene ring substituents is 1. The standard InChI is InChI=1S/C26H32N2O6Si/c1-6-14-27-22-12-7-18(28(31)32)16-21(22)26(25(27)30)17(2)24(23(34-26)13-15-29)35(4,5)20-10-8-19(33-3)9-11-20/h6-12,16-17,23-24,29H,1,13-15H2,2-5H3/t17-,23+,24-,26+/m0/s1. The van der Waals surface area contributed by atoms with Crippen LogP contribution in [0.5, 0.6) is 5.75 Å². The van der Waals surface area contributed by atoms with Crippen molar-refractivity contribution in [3.05, 3.63) is 70.8 Å². The van der Waals surface area contributed by atoms with Gasteiger partial charge in [0.1, 0.15) is 5.75 Å². The number of ether oxygens (including phenoxy) is 2. The highest BCUT2D eigenvalue weighted by Gasteiger charge is 2.66. The monoisotopic (exact) mass is 496 g/mol. The summed E-state index contributed by atoms with van der Waals surface area (Å²) in [5, 5.41) is 22.7.